The molecule has 0 aromatic carbocycles. The van der Waals surface area contributed by atoms with Crippen LogP contribution in [0.1, 0.15) is 30.7 Å². The second kappa shape index (κ2) is 4.05. The summed E-state index contributed by atoms with van der Waals surface area (Å²) >= 11 is 0. The molecule has 0 amide bonds. The molecule has 1 aliphatic rings. The molecule has 1 saturated carbocycles. The molecule has 2 rings (SSSR count). The van der Waals surface area contributed by atoms with E-state index in [0.29, 0.717) is 12.0 Å². The second-order valence-corrected chi connectivity index (χ2v) is 4.32. The Morgan fingerprint density at radius 2 is 2.07 bits per heavy atom. The first kappa shape index (κ1) is 9.59. The second-order valence-electron chi connectivity index (χ2n) is 4.32. The molecule has 3 nitrogen and oxygen atoms in total. The molecule has 0 aliphatic heterocycles. The Morgan fingerprint density at radius 3 is 2.64 bits per heavy atom. The molecule has 1 heterocycles. The standard InChI is InChI=1S/C11H17N3/c1-8-6-13-11(14-7-8)5-9-2-3-10(12)4-9/h6-7,9-10H,2-5,12H2,1H3/t9-,10-/m0/s1. The molecule has 0 bridgehead atoms. The van der Waals surface area contributed by atoms with Crippen molar-refractivity contribution in [1.82, 2.24) is 9.97 Å². The van der Waals surface area contributed by atoms with Gasteiger partial charge in [-0.1, -0.05) is 0 Å². The molecule has 1 aromatic heterocycles. The SMILES string of the molecule is Cc1cnc(C[C@H]2CC[C@H](N)C2)nc1. The van der Waals surface area contributed by atoms with Crippen molar-refractivity contribution in [3.05, 3.63) is 23.8 Å². The maximum Gasteiger partial charge on any atom is 0.128 e. The number of aryl methyl sites for hydroxylation is 1. The molecule has 3 heteroatoms. The lowest BCUT2D eigenvalue weighted by Gasteiger charge is -2.07. The van der Waals surface area contributed by atoms with Gasteiger partial charge >= 0.3 is 0 Å². The van der Waals surface area contributed by atoms with E-state index in [1.807, 2.05) is 19.3 Å². The van der Waals surface area contributed by atoms with E-state index in [-0.39, 0.29) is 0 Å². The van der Waals surface area contributed by atoms with Gasteiger partial charge in [0.15, 0.2) is 0 Å². The van der Waals surface area contributed by atoms with E-state index in [0.717, 1.165) is 30.7 Å². The lowest BCUT2D eigenvalue weighted by molar-refractivity contribution is 0.520. The van der Waals surface area contributed by atoms with Gasteiger partial charge in [0.25, 0.3) is 0 Å². The minimum Gasteiger partial charge on any atom is -0.328 e. The van der Waals surface area contributed by atoms with Crippen molar-refractivity contribution >= 4 is 0 Å². The molecule has 1 aromatic rings. The fourth-order valence-corrected chi connectivity index (χ4v) is 2.08. The topological polar surface area (TPSA) is 51.8 Å². The van der Waals surface area contributed by atoms with E-state index in [4.69, 9.17) is 5.73 Å². The Kier molecular flexibility index (Phi) is 2.77. The summed E-state index contributed by atoms with van der Waals surface area (Å²) in [4.78, 5) is 8.63. The predicted octanol–water partition coefficient (Wildman–Crippen LogP) is 1.45. The Labute approximate surface area is 84.8 Å². The van der Waals surface area contributed by atoms with Crippen LogP contribution >= 0.6 is 0 Å². The number of nitrogens with zero attached hydrogens (tertiary/aromatic N) is 2. The van der Waals surface area contributed by atoms with Gasteiger partial charge in [-0.25, -0.2) is 9.97 Å². The Bertz CT molecular complexity index is 294. The maximum absolute atomic E-state index is 5.86. The van der Waals surface area contributed by atoms with Crippen molar-refractivity contribution in [2.24, 2.45) is 11.7 Å². The Morgan fingerprint density at radius 1 is 1.36 bits per heavy atom. The van der Waals surface area contributed by atoms with E-state index in [2.05, 4.69) is 9.97 Å². The first-order chi connectivity index (χ1) is 6.74. The van der Waals surface area contributed by atoms with Crippen LogP contribution in [-0.4, -0.2) is 16.0 Å². The molecule has 0 radical (unpaired) electrons. The van der Waals surface area contributed by atoms with Gasteiger partial charge < -0.3 is 5.73 Å². The largest absolute Gasteiger partial charge is 0.328 e. The fraction of sp³-hybridized carbons (Fsp3) is 0.636. The molecule has 0 unspecified atom stereocenters. The van der Waals surface area contributed by atoms with Crippen molar-refractivity contribution in [2.75, 3.05) is 0 Å². The third-order valence-electron chi connectivity index (χ3n) is 2.89. The van der Waals surface area contributed by atoms with E-state index >= 15 is 0 Å². The fourth-order valence-electron chi connectivity index (χ4n) is 2.08. The number of hydrogen-bond donors (Lipinski definition) is 1. The lowest BCUT2D eigenvalue weighted by Crippen LogP contribution is -2.15. The third kappa shape index (κ3) is 2.29. The molecule has 0 saturated heterocycles. The minimum atomic E-state index is 0.408. The summed E-state index contributed by atoms with van der Waals surface area (Å²) in [5, 5.41) is 0. The van der Waals surface area contributed by atoms with Crippen LogP contribution in [0.3, 0.4) is 0 Å². The van der Waals surface area contributed by atoms with Crippen molar-refractivity contribution in [3.63, 3.8) is 0 Å². The third-order valence-corrected chi connectivity index (χ3v) is 2.89. The van der Waals surface area contributed by atoms with Gasteiger partial charge in [0.2, 0.25) is 0 Å². The van der Waals surface area contributed by atoms with Gasteiger partial charge in [-0.15, -0.1) is 0 Å². The van der Waals surface area contributed by atoms with E-state index in [1.54, 1.807) is 0 Å². The summed E-state index contributed by atoms with van der Waals surface area (Å²) in [7, 11) is 0. The monoisotopic (exact) mass is 191 g/mol. The maximum atomic E-state index is 5.86. The van der Waals surface area contributed by atoms with Crippen molar-refractivity contribution < 1.29 is 0 Å². The zero-order chi connectivity index (χ0) is 9.97. The van der Waals surface area contributed by atoms with Crippen molar-refractivity contribution in [2.45, 2.75) is 38.6 Å². The van der Waals surface area contributed by atoms with Crippen LogP contribution in [0.4, 0.5) is 0 Å². The molecular weight excluding hydrogens is 174 g/mol. The average molecular weight is 191 g/mol. The molecular formula is C11H17N3. The molecule has 0 spiro atoms. The first-order valence-corrected chi connectivity index (χ1v) is 5.27. The van der Waals surface area contributed by atoms with Crippen LogP contribution in [0.15, 0.2) is 12.4 Å². The summed E-state index contributed by atoms with van der Waals surface area (Å²) in [5.74, 6) is 1.67. The number of aromatic nitrogens is 2. The quantitative estimate of drug-likeness (QED) is 0.770. The molecule has 76 valence electrons. The van der Waals surface area contributed by atoms with E-state index < -0.39 is 0 Å². The van der Waals surface area contributed by atoms with E-state index in [9.17, 15) is 0 Å². The molecule has 1 aliphatic carbocycles. The normalized spacial score (nSPS) is 26.7. The minimum absolute atomic E-state index is 0.408. The van der Waals surface area contributed by atoms with Gasteiger partial charge in [0.05, 0.1) is 0 Å². The van der Waals surface area contributed by atoms with Gasteiger partial charge in [-0.05, 0) is 37.7 Å². The van der Waals surface area contributed by atoms with Crippen LogP contribution in [0.25, 0.3) is 0 Å². The summed E-state index contributed by atoms with van der Waals surface area (Å²) < 4.78 is 0. The molecule has 2 N–H and O–H groups in total. The number of hydrogen-bond acceptors (Lipinski definition) is 3. The predicted molar refractivity (Wildman–Crippen MR) is 55.8 cm³/mol. The Balaban J connectivity index is 1.94. The summed E-state index contributed by atoms with van der Waals surface area (Å²) in [6, 6.07) is 0.408. The van der Waals surface area contributed by atoms with Gasteiger partial charge in [0.1, 0.15) is 5.82 Å². The zero-order valence-electron chi connectivity index (χ0n) is 8.61. The van der Waals surface area contributed by atoms with Gasteiger partial charge in [-0.2, -0.15) is 0 Å². The highest BCUT2D eigenvalue weighted by Gasteiger charge is 2.22. The van der Waals surface area contributed by atoms with Crippen LogP contribution in [0.2, 0.25) is 0 Å². The smallest absolute Gasteiger partial charge is 0.128 e. The first-order valence-electron chi connectivity index (χ1n) is 5.27. The Hall–Kier alpha value is -0.960. The lowest BCUT2D eigenvalue weighted by atomic mass is 10.0. The summed E-state index contributed by atoms with van der Waals surface area (Å²) in [6.45, 7) is 2.01. The van der Waals surface area contributed by atoms with Crippen LogP contribution in [0.5, 0.6) is 0 Å². The highest BCUT2D eigenvalue weighted by molar-refractivity contribution is 5.02. The highest BCUT2D eigenvalue weighted by Crippen LogP contribution is 2.26. The highest BCUT2D eigenvalue weighted by atomic mass is 14.9. The average Bonchev–Trinajstić information content (AvgIpc) is 2.56. The number of rotatable bonds is 2. The van der Waals surface area contributed by atoms with Gasteiger partial charge in [0, 0.05) is 24.9 Å². The van der Waals surface area contributed by atoms with E-state index in [1.165, 1.54) is 6.42 Å². The summed E-state index contributed by atoms with van der Waals surface area (Å²) in [5.41, 5.74) is 6.98. The molecule has 14 heavy (non-hydrogen) atoms. The molecule has 1 fully saturated rings. The zero-order valence-corrected chi connectivity index (χ0v) is 8.61. The van der Waals surface area contributed by atoms with Gasteiger partial charge in [-0.3, -0.25) is 0 Å². The summed E-state index contributed by atoms with van der Waals surface area (Å²) in [6.07, 6.45) is 8.30. The molecule has 2 atom stereocenters. The van der Waals surface area contributed by atoms with Crippen molar-refractivity contribution in [1.29, 1.82) is 0 Å². The van der Waals surface area contributed by atoms with Crippen LogP contribution < -0.4 is 5.73 Å². The number of nitrogens with two attached hydrogens (primary N) is 1. The van der Waals surface area contributed by atoms with Crippen LogP contribution in [0, 0.1) is 12.8 Å². The van der Waals surface area contributed by atoms with Crippen molar-refractivity contribution in [3.8, 4) is 0 Å². The van der Waals surface area contributed by atoms with Crippen LogP contribution in [-0.2, 0) is 6.42 Å².